The highest BCUT2D eigenvalue weighted by molar-refractivity contribution is 6.02. The predicted octanol–water partition coefficient (Wildman–Crippen LogP) is 11.7. The molecule has 11 nitrogen and oxygen atoms in total. The van der Waals surface area contributed by atoms with Gasteiger partial charge in [0.15, 0.2) is 5.78 Å². The van der Waals surface area contributed by atoms with Gasteiger partial charge in [-0.05, 0) is 214 Å². The summed E-state index contributed by atoms with van der Waals surface area (Å²) in [6.07, 6.45) is 20.9. The van der Waals surface area contributed by atoms with E-state index in [1.54, 1.807) is 0 Å². The number of H-pyrrole nitrogens is 2. The summed E-state index contributed by atoms with van der Waals surface area (Å²) in [6, 6.07) is 9.87. The number of hydrogen-bond acceptors (Lipinski definition) is 8. The zero-order valence-electron chi connectivity index (χ0n) is 49.9. The second kappa shape index (κ2) is 18.8. The maximum absolute atomic E-state index is 16.2. The van der Waals surface area contributed by atoms with Crippen LogP contribution in [-0.4, -0.2) is 101 Å². The molecule has 0 unspecified atom stereocenters. The van der Waals surface area contributed by atoms with E-state index in [0.717, 1.165) is 95.2 Å². The second-order valence-corrected chi connectivity index (χ2v) is 30.2. The van der Waals surface area contributed by atoms with Crippen molar-refractivity contribution in [1.82, 2.24) is 25.2 Å². The lowest BCUT2D eigenvalue weighted by Crippen LogP contribution is -2.74. The van der Waals surface area contributed by atoms with Gasteiger partial charge in [-0.25, -0.2) is 0 Å². The standard InChI is InChI=1S/C69H95N5O6/c1-63(2)62(80-63)51(76)33-64(3)20-15-42-36-73-56-45(29-39-27-43(40-13-11-10-12-14-40)30-44(28-39)41-18-25-79-26-19-41)37-74(58(42)56)38-49-53-55(64)50(75)34-67(53,6)66(5)21-16-52-65(4,22-24-70-8)61(78)54-47-17-23-72-57(47)48-32-69(54,31-46(48)35-71-9)68(52,7)60(66)59(49)77/h17,23,27-28,30,36-37,40-41,46,48-49,51-52,54,59-60,62,70-73,76-77H,10-16,18-22,24-26,29,31-35,38H2,1-9H3/t46-,48-,49+,51-,52+,54+,59-,60+,62-,64+,65+,66+,67+,68-,69+/m1/s1. The number of aliphatic hydroxyl groups is 2. The van der Waals surface area contributed by atoms with Crippen molar-refractivity contribution >= 4 is 22.6 Å². The lowest BCUT2D eigenvalue weighted by molar-refractivity contribution is -0.267. The molecule has 11 heteroatoms. The van der Waals surface area contributed by atoms with Gasteiger partial charge in [-0.15, -0.1) is 0 Å². The number of carbonyl (C=O) groups is 2. The number of aliphatic hydroxyl groups excluding tert-OH is 2. The molecule has 5 saturated carbocycles. The number of ether oxygens (including phenoxy) is 2. The largest absolute Gasteiger partial charge is 0.392 e. The van der Waals surface area contributed by atoms with E-state index in [1.807, 2.05) is 7.05 Å². The fourth-order valence-corrected chi connectivity index (χ4v) is 22.1. The van der Waals surface area contributed by atoms with E-state index < -0.39 is 50.3 Å². The first-order chi connectivity index (χ1) is 38.2. The molecule has 0 radical (unpaired) electrons. The van der Waals surface area contributed by atoms with Gasteiger partial charge in [-0.3, -0.25) is 9.59 Å². The van der Waals surface area contributed by atoms with E-state index in [1.165, 1.54) is 82.2 Å². The Kier molecular flexibility index (Phi) is 12.7. The smallest absolute Gasteiger partial charge is 0.160 e. The highest BCUT2D eigenvalue weighted by Crippen LogP contribution is 2.84. The number of nitrogens with zero attached hydrogens (tertiary/aromatic N) is 1. The Labute approximate surface area is 476 Å². The molecule has 10 aliphatic rings. The normalized spacial score (nSPS) is 40.6. The Morgan fingerprint density at radius 2 is 1.61 bits per heavy atom. The first kappa shape index (κ1) is 54.1. The molecule has 0 amide bonds. The first-order valence-electron chi connectivity index (χ1n) is 32.0. The fraction of sp³-hybridized carbons (Fsp3) is 0.710. The Morgan fingerprint density at radius 3 is 2.33 bits per heavy atom. The number of aryl methyl sites for hydroxylation is 1. The topological polar surface area (TPSA) is 157 Å². The number of nitrogens with one attached hydrogen (secondary N) is 4. The van der Waals surface area contributed by atoms with Crippen molar-refractivity contribution in [3.05, 3.63) is 93.1 Å². The van der Waals surface area contributed by atoms with Crippen LogP contribution in [0.15, 0.2) is 54.0 Å². The van der Waals surface area contributed by atoms with E-state index in [-0.39, 0.29) is 41.5 Å². The average Bonchev–Trinajstić information content (AvgIpc) is 4.20. The summed E-state index contributed by atoms with van der Waals surface area (Å²) in [5.41, 5.74) is 10.1. The Balaban J connectivity index is 0.952. The number of Topliss-reactive ketones (excluding diaryl/α,β-unsaturated/α-hetero) is 2. The maximum atomic E-state index is 16.2. The van der Waals surface area contributed by atoms with Gasteiger partial charge in [-0.2, -0.15) is 0 Å². The summed E-state index contributed by atoms with van der Waals surface area (Å²) in [4.78, 5) is 39.8. The quantitative estimate of drug-likeness (QED) is 0.0766. The number of ketones is 2. The summed E-state index contributed by atoms with van der Waals surface area (Å²) < 4.78 is 14.6. The van der Waals surface area contributed by atoms with E-state index in [4.69, 9.17) is 9.47 Å². The number of hydrogen-bond donors (Lipinski definition) is 6. The molecule has 7 fully saturated rings. The SMILES string of the molecule is CNCC[C@]1(C)C(=O)[C@@H]2c3cc[nH]c3[C@@H]3C[C@]2(C[C@@H]3CNC)[C@@]2(C)[C@H]3[C@H](O)[C@H]4Cn5cc(Cc6cc(C7CCCCC7)cc(C7CCOCC7)c6)c6[nH]cc(c65)CC[C@@](C)(C[C@@H](O)[C@H]5OC5(C)C)C5=C4[C@](C)(CC5=O)[C@@]3(C)CC[C@H]21. The van der Waals surface area contributed by atoms with E-state index >= 15 is 9.59 Å². The molecular formula is C69H95N5O6. The molecule has 1 spiro atoms. The zero-order valence-corrected chi connectivity index (χ0v) is 49.9. The summed E-state index contributed by atoms with van der Waals surface area (Å²) in [5.74, 6) is 1.49. The fourth-order valence-electron chi connectivity index (χ4n) is 22.1. The third kappa shape index (κ3) is 7.49. The van der Waals surface area contributed by atoms with Gasteiger partial charge in [-0.1, -0.05) is 72.1 Å². The number of allylic oxidation sites excluding steroid dienone is 1. The lowest BCUT2D eigenvalue weighted by atomic mass is 9.28. The Bertz CT molecular complexity index is 3110. The molecule has 3 aromatic heterocycles. The molecule has 15 atom stereocenters. The molecule has 3 aliphatic heterocycles. The van der Waals surface area contributed by atoms with Gasteiger partial charge >= 0.3 is 0 Å². The highest BCUT2D eigenvalue weighted by atomic mass is 16.6. The van der Waals surface area contributed by atoms with Gasteiger partial charge in [0.2, 0.25) is 0 Å². The highest BCUT2D eigenvalue weighted by Gasteiger charge is 2.81. The van der Waals surface area contributed by atoms with Gasteiger partial charge in [0.25, 0.3) is 0 Å². The number of rotatable bonds is 12. The van der Waals surface area contributed by atoms with Crippen LogP contribution in [-0.2, 0) is 38.4 Å². The number of aromatic nitrogens is 3. The van der Waals surface area contributed by atoms with Crippen molar-refractivity contribution in [3.63, 3.8) is 0 Å². The Hall–Kier alpha value is -3.84. The predicted molar refractivity (Wildman–Crippen MR) is 314 cm³/mol. The van der Waals surface area contributed by atoms with Crippen LogP contribution in [0, 0.1) is 56.2 Å². The molecule has 2 saturated heterocycles. The van der Waals surface area contributed by atoms with Crippen molar-refractivity contribution in [1.29, 1.82) is 0 Å². The molecule has 7 aliphatic carbocycles. The zero-order chi connectivity index (χ0) is 55.7. The molecular weight excluding hydrogens is 995 g/mol. The maximum Gasteiger partial charge on any atom is 0.160 e. The van der Waals surface area contributed by atoms with Crippen molar-refractivity contribution in [2.45, 2.75) is 212 Å². The number of carbonyl (C=O) groups excluding carboxylic acids is 2. The molecule has 4 aromatic rings. The van der Waals surface area contributed by atoms with Gasteiger partial charge < -0.3 is 44.9 Å². The third-order valence-electron chi connectivity index (χ3n) is 26.0. The van der Waals surface area contributed by atoms with Crippen LogP contribution in [0.2, 0.25) is 0 Å². The Morgan fingerprint density at radius 1 is 0.875 bits per heavy atom. The number of benzene rings is 1. The molecule has 2 bridgehead atoms. The van der Waals surface area contributed by atoms with Crippen LogP contribution in [0.3, 0.4) is 0 Å². The van der Waals surface area contributed by atoms with E-state index in [0.29, 0.717) is 49.3 Å². The van der Waals surface area contributed by atoms with Crippen molar-refractivity contribution < 1.29 is 29.3 Å². The van der Waals surface area contributed by atoms with Crippen LogP contribution >= 0.6 is 0 Å². The number of aromatic amines is 2. The van der Waals surface area contributed by atoms with E-state index in [2.05, 4.69) is 124 Å². The minimum Gasteiger partial charge on any atom is -0.392 e. The van der Waals surface area contributed by atoms with Crippen molar-refractivity contribution in [3.8, 4) is 0 Å². The monoisotopic (exact) mass is 1090 g/mol. The van der Waals surface area contributed by atoms with Crippen molar-refractivity contribution in [2.75, 3.05) is 40.4 Å². The first-order valence-corrected chi connectivity index (χ1v) is 32.0. The van der Waals surface area contributed by atoms with Gasteiger partial charge in [0, 0.05) is 85.1 Å². The van der Waals surface area contributed by atoms with E-state index in [9.17, 15) is 10.2 Å². The number of fused-ring (bicyclic) bond motifs is 8. The molecule has 1 aromatic carbocycles. The van der Waals surface area contributed by atoms with Gasteiger partial charge in [0.1, 0.15) is 11.9 Å². The molecule has 432 valence electrons. The molecule has 6 N–H and O–H groups in total. The third-order valence-corrected chi connectivity index (χ3v) is 26.0. The summed E-state index contributed by atoms with van der Waals surface area (Å²) in [7, 11) is 4.09. The second-order valence-electron chi connectivity index (χ2n) is 30.2. The molecule has 80 heavy (non-hydrogen) atoms. The van der Waals surface area contributed by atoms with Crippen LogP contribution in [0.1, 0.15) is 208 Å². The van der Waals surface area contributed by atoms with Crippen LogP contribution < -0.4 is 10.6 Å². The van der Waals surface area contributed by atoms with Crippen molar-refractivity contribution in [2.24, 2.45) is 56.2 Å². The summed E-state index contributed by atoms with van der Waals surface area (Å²) >= 11 is 0. The molecule has 6 heterocycles. The number of epoxide rings is 1. The minimum absolute atomic E-state index is 0.0402. The van der Waals surface area contributed by atoms with Crippen LogP contribution in [0.25, 0.3) is 11.0 Å². The lowest BCUT2D eigenvalue weighted by Gasteiger charge is -2.76. The minimum atomic E-state index is -0.806. The van der Waals surface area contributed by atoms with Crippen LogP contribution in [0.5, 0.6) is 0 Å². The average molecular weight is 1090 g/mol. The summed E-state index contributed by atoms with van der Waals surface area (Å²) in [5, 5.41) is 34.2. The molecule has 14 rings (SSSR count). The van der Waals surface area contributed by atoms with Crippen LogP contribution in [0.4, 0.5) is 0 Å². The summed E-state index contributed by atoms with van der Waals surface area (Å²) in [6.45, 7) is 20.1. The van der Waals surface area contributed by atoms with Gasteiger partial charge in [0.05, 0.1) is 34.8 Å².